The number of benzene rings is 1. The van der Waals surface area contributed by atoms with Crippen LogP contribution >= 0.6 is 0 Å². The molecule has 2 unspecified atom stereocenters. The molecule has 0 saturated heterocycles. The van der Waals surface area contributed by atoms with E-state index in [-0.39, 0.29) is 0 Å². The van der Waals surface area contributed by atoms with E-state index in [0.29, 0.717) is 11.8 Å². The molecule has 2 atom stereocenters. The Morgan fingerprint density at radius 1 is 1.18 bits per heavy atom. The number of hydrogen-bond donors (Lipinski definition) is 0. The molecule has 1 aliphatic rings. The lowest BCUT2D eigenvalue weighted by Crippen LogP contribution is -2.14. The first-order chi connectivity index (χ1) is 8.08. The standard InChI is InChI=1S/C17H22/c1-12(2)16-10-7-14(4)17(11-16)15-8-5-13(3)6-9-15/h5-9,16-17H,1,10-11H2,2-4H3. The zero-order valence-electron chi connectivity index (χ0n) is 11.2. The summed E-state index contributed by atoms with van der Waals surface area (Å²) in [6, 6.07) is 8.98. The SMILES string of the molecule is C=C(C)C1CC=C(C)C(c2ccc(C)cc2)C1. The van der Waals surface area contributed by atoms with Crippen LogP contribution in [0.25, 0.3) is 0 Å². The molecule has 0 N–H and O–H groups in total. The van der Waals surface area contributed by atoms with Crippen molar-refractivity contribution < 1.29 is 0 Å². The van der Waals surface area contributed by atoms with Crippen molar-refractivity contribution in [1.82, 2.24) is 0 Å². The number of rotatable bonds is 2. The van der Waals surface area contributed by atoms with Gasteiger partial charge < -0.3 is 0 Å². The van der Waals surface area contributed by atoms with E-state index in [1.54, 1.807) is 0 Å². The minimum Gasteiger partial charge on any atom is -0.0998 e. The summed E-state index contributed by atoms with van der Waals surface area (Å²) in [6.45, 7) is 10.7. The number of allylic oxidation sites excluding steroid dienone is 3. The van der Waals surface area contributed by atoms with Crippen LogP contribution in [0, 0.1) is 12.8 Å². The highest BCUT2D eigenvalue weighted by Gasteiger charge is 2.23. The van der Waals surface area contributed by atoms with Crippen LogP contribution in [0.3, 0.4) is 0 Å². The van der Waals surface area contributed by atoms with Gasteiger partial charge in [0.15, 0.2) is 0 Å². The maximum absolute atomic E-state index is 4.12. The monoisotopic (exact) mass is 226 g/mol. The third kappa shape index (κ3) is 2.69. The molecule has 0 saturated carbocycles. The van der Waals surface area contributed by atoms with Crippen molar-refractivity contribution >= 4 is 0 Å². The highest BCUT2D eigenvalue weighted by molar-refractivity contribution is 5.32. The van der Waals surface area contributed by atoms with Crippen LogP contribution in [0.15, 0.2) is 48.1 Å². The first kappa shape index (κ1) is 12.2. The molecule has 0 radical (unpaired) electrons. The molecule has 0 aliphatic heterocycles. The zero-order chi connectivity index (χ0) is 12.4. The zero-order valence-corrected chi connectivity index (χ0v) is 11.2. The molecule has 0 heterocycles. The first-order valence-corrected chi connectivity index (χ1v) is 6.46. The van der Waals surface area contributed by atoms with Gasteiger partial charge in [-0.05, 0) is 45.1 Å². The summed E-state index contributed by atoms with van der Waals surface area (Å²) in [6.07, 6.45) is 4.79. The molecule has 0 fully saturated rings. The molecule has 1 aromatic rings. The van der Waals surface area contributed by atoms with Gasteiger partial charge in [-0.25, -0.2) is 0 Å². The van der Waals surface area contributed by atoms with E-state index in [1.165, 1.54) is 35.1 Å². The van der Waals surface area contributed by atoms with Crippen LogP contribution in [0.1, 0.15) is 43.7 Å². The van der Waals surface area contributed by atoms with Crippen molar-refractivity contribution in [3.8, 4) is 0 Å². The van der Waals surface area contributed by atoms with E-state index in [4.69, 9.17) is 0 Å². The highest BCUT2D eigenvalue weighted by atomic mass is 14.3. The summed E-state index contributed by atoms with van der Waals surface area (Å²) < 4.78 is 0. The lowest BCUT2D eigenvalue weighted by atomic mass is 9.76. The molecule has 90 valence electrons. The van der Waals surface area contributed by atoms with Gasteiger partial charge in [0, 0.05) is 5.92 Å². The summed E-state index contributed by atoms with van der Waals surface area (Å²) in [5, 5.41) is 0. The van der Waals surface area contributed by atoms with Crippen molar-refractivity contribution in [2.24, 2.45) is 5.92 Å². The second-order valence-corrected chi connectivity index (χ2v) is 5.43. The fourth-order valence-electron chi connectivity index (χ4n) is 2.64. The summed E-state index contributed by atoms with van der Waals surface area (Å²) in [7, 11) is 0. The third-order valence-electron chi connectivity index (χ3n) is 3.97. The summed E-state index contributed by atoms with van der Waals surface area (Å²) in [4.78, 5) is 0. The van der Waals surface area contributed by atoms with Crippen molar-refractivity contribution in [2.75, 3.05) is 0 Å². The Morgan fingerprint density at radius 3 is 2.41 bits per heavy atom. The predicted octanol–water partition coefficient (Wildman–Crippen LogP) is 5.01. The molecule has 0 heteroatoms. The molecule has 0 amide bonds. The molecule has 0 bridgehead atoms. The van der Waals surface area contributed by atoms with Gasteiger partial charge in [0.05, 0.1) is 0 Å². The molecule has 1 aromatic carbocycles. The molecular weight excluding hydrogens is 204 g/mol. The fourth-order valence-corrected chi connectivity index (χ4v) is 2.64. The average Bonchev–Trinajstić information content (AvgIpc) is 2.31. The lowest BCUT2D eigenvalue weighted by molar-refractivity contribution is 0.496. The predicted molar refractivity (Wildman–Crippen MR) is 75.2 cm³/mol. The van der Waals surface area contributed by atoms with Gasteiger partial charge in [0.2, 0.25) is 0 Å². The lowest BCUT2D eigenvalue weighted by Gasteiger charge is -2.29. The highest BCUT2D eigenvalue weighted by Crippen LogP contribution is 2.38. The smallest absolute Gasteiger partial charge is 0.00512 e. The molecule has 0 aromatic heterocycles. The van der Waals surface area contributed by atoms with Gasteiger partial charge in [0.25, 0.3) is 0 Å². The number of aryl methyl sites for hydroxylation is 1. The maximum Gasteiger partial charge on any atom is 0.00512 e. The van der Waals surface area contributed by atoms with E-state index in [0.717, 1.165) is 0 Å². The van der Waals surface area contributed by atoms with Crippen LogP contribution in [-0.4, -0.2) is 0 Å². The molecule has 0 nitrogen and oxygen atoms in total. The minimum atomic E-state index is 0.589. The van der Waals surface area contributed by atoms with Crippen molar-refractivity contribution in [3.05, 3.63) is 59.2 Å². The van der Waals surface area contributed by atoms with Crippen LogP contribution in [0.5, 0.6) is 0 Å². The van der Waals surface area contributed by atoms with Crippen LogP contribution < -0.4 is 0 Å². The van der Waals surface area contributed by atoms with Crippen molar-refractivity contribution in [3.63, 3.8) is 0 Å². The van der Waals surface area contributed by atoms with E-state index in [2.05, 4.69) is 57.7 Å². The van der Waals surface area contributed by atoms with Gasteiger partial charge in [-0.2, -0.15) is 0 Å². The van der Waals surface area contributed by atoms with Gasteiger partial charge in [0.1, 0.15) is 0 Å². The summed E-state index contributed by atoms with van der Waals surface area (Å²) in [5.41, 5.74) is 5.63. The van der Waals surface area contributed by atoms with E-state index < -0.39 is 0 Å². The Bertz CT molecular complexity index is 434. The van der Waals surface area contributed by atoms with Gasteiger partial charge in [-0.15, -0.1) is 0 Å². The Labute approximate surface area is 105 Å². The van der Waals surface area contributed by atoms with E-state index >= 15 is 0 Å². The van der Waals surface area contributed by atoms with Crippen molar-refractivity contribution in [2.45, 2.75) is 39.5 Å². The number of hydrogen-bond acceptors (Lipinski definition) is 0. The largest absolute Gasteiger partial charge is 0.0998 e. The fraction of sp³-hybridized carbons (Fsp3) is 0.412. The van der Waals surface area contributed by atoms with Crippen LogP contribution in [-0.2, 0) is 0 Å². The molecular formula is C17H22. The van der Waals surface area contributed by atoms with Crippen LogP contribution in [0.4, 0.5) is 0 Å². The summed E-state index contributed by atoms with van der Waals surface area (Å²) >= 11 is 0. The normalized spacial score (nSPS) is 24.3. The Morgan fingerprint density at radius 2 is 1.82 bits per heavy atom. The van der Waals surface area contributed by atoms with E-state index in [9.17, 15) is 0 Å². The summed E-state index contributed by atoms with van der Waals surface area (Å²) in [5.74, 6) is 1.25. The van der Waals surface area contributed by atoms with Crippen molar-refractivity contribution in [1.29, 1.82) is 0 Å². The Balaban J connectivity index is 2.25. The topological polar surface area (TPSA) is 0 Å². The Kier molecular flexibility index (Phi) is 3.51. The molecule has 0 spiro atoms. The van der Waals surface area contributed by atoms with Gasteiger partial charge in [-0.1, -0.05) is 53.6 Å². The van der Waals surface area contributed by atoms with E-state index in [1.807, 2.05) is 0 Å². The Hall–Kier alpha value is -1.30. The molecule has 17 heavy (non-hydrogen) atoms. The second kappa shape index (κ2) is 4.91. The molecule has 2 rings (SSSR count). The third-order valence-corrected chi connectivity index (χ3v) is 3.97. The first-order valence-electron chi connectivity index (χ1n) is 6.46. The molecule has 1 aliphatic carbocycles. The average molecular weight is 226 g/mol. The van der Waals surface area contributed by atoms with Gasteiger partial charge in [-0.3, -0.25) is 0 Å². The maximum atomic E-state index is 4.12. The minimum absolute atomic E-state index is 0.589. The second-order valence-electron chi connectivity index (χ2n) is 5.43. The quantitative estimate of drug-likeness (QED) is 0.622. The van der Waals surface area contributed by atoms with Gasteiger partial charge >= 0.3 is 0 Å². The van der Waals surface area contributed by atoms with Crippen LogP contribution in [0.2, 0.25) is 0 Å².